The molecule has 3 aromatic rings. The lowest BCUT2D eigenvalue weighted by molar-refractivity contribution is -0.151. The number of carboxylic acids is 1. The number of aromatic nitrogens is 2. The first kappa shape index (κ1) is 29.6. The Morgan fingerprint density at radius 2 is 2.00 bits per heavy atom. The van der Waals surface area contributed by atoms with Gasteiger partial charge in [-0.2, -0.15) is 0 Å². The molecule has 4 N–H and O–H groups in total. The highest BCUT2D eigenvalue weighted by Crippen LogP contribution is 2.42. The van der Waals surface area contributed by atoms with Gasteiger partial charge in [-0.25, -0.2) is 14.5 Å². The van der Waals surface area contributed by atoms with Crippen LogP contribution in [-0.2, 0) is 14.4 Å². The van der Waals surface area contributed by atoms with Gasteiger partial charge in [-0.05, 0) is 36.3 Å². The molecular formula is C25H21ClN6O7S3. The van der Waals surface area contributed by atoms with Gasteiger partial charge in [0.2, 0.25) is 5.91 Å². The SMILES string of the molecule is Cc1nnc(SCC2=C(C(=O)O)N3C(=O)[C@H](NC(=O)C(c4ccc(Cl)cc4)N(C(N)=O)C(=O)c4ccoc4)[C@@H]3SC2)s1. The van der Waals surface area contributed by atoms with Crippen LogP contribution in [0.5, 0.6) is 0 Å². The Labute approximate surface area is 255 Å². The van der Waals surface area contributed by atoms with Crippen molar-refractivity contribution in [1.82, 2.24) is 25.3 Å². The molecule has 1 fully saturated rings. The van der Waals surface area contributed by atoms with E-state index in [1.165, 1.54) is 71.5 Å². The van der Waals surface area contributed by atoms with E-state index in [1.807, 2.05) is 6.92 Å². The largest absolute Gasteiger partial charge is 0.477 e. The highest BCUT2D eigenvalue weighted by molar-refractivity contribution is 8.01. The predicted molar refractivity (Wildman–Crippen MR) is 154 cm³/mol. The van der Waals surface area contributed by atoms with E-state index in [0.29, 0.717) is 31.3 Å². The molecule has 1 saturated heterocycles. The number of urea groups is 1. The summed E-state index contributed by atoms with van der Waals surface area (Å²) in [6.07, 6.45) is 2.32. The first-order chi connectivity index (χ1) is 20.1. The molecule has 0 radical (unpaired) electrons. The third-order valence-corrected chi connectivity index (χ3v) is 9.99. The third-order valence-electron chi connectivity index (χ3n) is 6.34. The van der Waals surface area contributed by atoms with E-state index >= 15 is 0 Å². The zero-order chi connectivity index (χ0) is 30.1. The number of thioether (sulfide) groups is 2. The fourth-order valence-electron chi connectivity index (χ4n) is 4.44. The molecule has 4 heterocycles. The van der Waals surface area contributed by atoms with E-state index in [-0.39, 0.29) is 16.8 Å². The number of hydrogen-bond donors (Lipinski definition) is 3. The number of aliphatic carboxylic acids is 1. The molecule has 0 aliphatic carbocycles. The smallest absolute Gasteiger partial charge is 0.352 e. The highest BCUT2D eigenvalue weighted by Gasteiger charge is 2.55. The number of aryl methyl sites for hydroxylation is 1. The molecule has 5 rings (SSSR count). The lowest BCUT2D eigenvalue weighted by Gasteiger charge is -2.49. The summed E-state index contributed by atoms with van der Waals surface area (Å²) in [5, 5.41) is 21.0. The zero-order valence-electron chi connectivity index (χ0n) is 21.6. The van der Waals surface area contributed by atoms with Crippen LogP contribution in [0, 0.1) is 6.92 Å². The molecule has 2 aromatic heterocycles. The van der Waals surface area contributed by atoms with E-state index in [1.54, 1.807) is 0 Å². The molecule has 0 saturated carbocycles. The minimum atomic E-state index is -1.57. The number of amides is 5. The highest BCUT2D eigenvalue weighted by atomic mass is 35.5. The second-order valence-electron chi connectivity index (χ2n) is 9.01. The summed E-state index contributed by atoms with van der Waals surface area (Å²) in [6, 6.07) is 3.24. The third kappa shape index (κ3) is 5.74. The second kappa shape index (κ2) is 12.2. The summed E-state index contributed by atoms with van der Waals surface area (Å²) in [7, 11) is 0. The molecule has 13 nitrogen and oxygen atoms in total. The van der Waals surface area contributed by atoms with Crippen LogP contribution >= 0.6 is 46.5 Å². The Hall–Kier alpha value is -3.86. The molecule has 218 valence electrons. The molecule has 1 unspecified atom stereocenters. The monoisotopic (exact) mass is 648 g/mol. The molecule has 2 aliphatic heterocycles. The molecule has 17 heteroatoms. The number of nitrogens with zero attached hydrogens (tertiary/aromatic N) is 4. The Morgan fingerprint density at radius 3 is 2.60 bits per heavy atom. The van der Waals surface area contributed by atoms with Crippen LogP contribution in [0.25, 0.3) is 0 Å². The van der Waals surface area contributed by atoms with Gasteiger partial charge in [0.15, 0.2) is 4.34 Å². The average molecular weight is 649 g/mol. The van der Waals surface area contributed by atoms with Gasteiger partial charge in [0, 0.05) is 16.5 Å². The number of hydrogen-bond acceptors (Lipinski definition) is 11. The number of benzene rings is 1. The fourth-order valence-corrected chi connectivity index (χ4v) is 7.87. The number of carboxylic acid groups (broad SMARTS) is 1. The van der Waals surface area contributed by atoms with E-state index in [2.05, 4.69) is 15.5 Å². The van der Waals surface area contributed by atoms with Gasteiger partial charge in [0.1, 0.15) is 34.4 Å². The number of rotatable bonds is 9. The number of primary amides is 1. The van der Waals surface area contributed by atoms with Crippen molar-refractivity contribution in [2.75, 3.05) is 11.5 Å². The lowest BCUT2D eigenvalue weighted by atomic mass is 10.00. The number of carbonyl (C=O) groups is 5. The lowest BCUT2D eigenvalue weighted by Crippen LogP contribution is -2.71. The van der Waals surface area contributed by atoms with Crippen molar-refractivity contribution in [3.8, 4) is 0 Å². The predicted octanol–water partition coefficient (Wildman–Crippen LogP) is 2.89. The maximum absolute atomic E-state index is 13.7. The average Bonchev–Trinajstić information content (AvgIpc) is 3.65. The Bertz CT molecular complexity index is 1590. The number of halogens is 1. The van der Waals surface area contributed by atoms with Crippen LogP contribution in [0.4, 0.5) is 4.79 Å². The van der Waals surface area contributed by atoms with Crippen molar-refractivity contribution < 1.29 is 33.5 Å². The molecule has 3 atom stereocenters. The van der Waals surface area contributed by atoms with Crippen molar-refractivity contribution in [3.63, 3.8) is 0 Å². The summed E-state index contributed by atoms with van der Waals surface area (Å²) in [5.74, 6) is -3.11. The van der Waals surface area contributed by atoms with Crippen molar-refractivity contribution in [3.05, 3.63) is 75.3 Å². The van der Waals surface area contributed by atoms with Gasteiger partial charge >= 0.3 is 12.0 Å². The van der Waals surface area contributed by atoms with Crippen molar-refractivity contribution in [2.24, 2.45) is 5.73 Å². The molecule has 0 bridgehead atoms. The van der Waals surface area contributed by atoms with Crippen LogP contribution in [0.2, 0.25) is 5.02 Å². The quantitative estimate of drug-likeness (QED) is 0.228. The number of carbonyl (C=O) groups excluding carboxylic acids is 4. The van der Waals surface area contributed by atoms with Gasteiger partial charge < -0.3 is 20.6 Å². The van der Waals surface area contributed by atoms with Crippen molar-refractivity contribution >= 4 is 76.2 Å². The van der Waals surface area contributed by atoms with Gasteiger partial charge in [0.05, 0.1) is 11.8 Å². The maximum atomic E-state index is 13.7. The molecule has 5 amide bonds. The van der Waals surface area contributed by atoms with Crippen LogP contribution in [0.3, 0.4) is 0 Å². The van der Waals surface area contributed by atoms with Crippen LogP contribution in [-0.4, -0.2) is 77.7 Å². The number of β-lactam (4-membered cyclic amide) rings is 1. The van der Waals surface area contributed by atoms with Crippen molar-refractivity contribution in [1.29, 1.82) is 0 Å². The number of nitrogens with two attached hydrogens (primary N) is 1. The minimum absolute atomic E-state index is 0.0281. The molecule has 0 spiro atoms. The Morgan fingerprint density at radius 1 is 1.26 bits per heavy atom. The topological polar surface area (TPSA) is 189 Å². The first-order valence-corrected chi connectivity index (χ1v) is 15.3. The van der Waals surface area contributed by atoms with Crippen molar-refractivity contribution in [2.45, 2.75) is 28.7 Å². The van der Waals surface area contributed by atoms with E-state index in [4.69, 9.17) is 21.8 Å². The number of furan rings is 1. The Kier molecular flexibility index (Phi) is 8.58. The standard InChI is InChI=1S/C25H21ClN6O7S3/c1-11-29-30-25(42-11)41-10-14-9-40-22-16(21(35)31(22)18(14)23(36)37)28-19(33)17(12-2-4-15(26)5-3-12)32(24(27)38)20(34)13-6-7-39-8-13/h2-8,16-17,22H,9-10H2,1H3,(H2,27,38)(H,28,33)(H,36,37)/t16-,17?,22-/m0/s1. The second-order valence-corrected chi connectivity index (χ2v) is 13.0. The fraction of sp³-hybridized carbons (Fsp3) is 0.240. The summed E-state index contributed by atoms with van der Waals surface area (Å²) < 4.78 is 5.62. The van der Waals surface area contributed by atoms with Gasteiger partial charge in [-0.15, -0.1) is 22.0 Å². The van der Waals surface area contributed by atoms with Crippen LogP contribution in [0.15, 0.2) is 62.9 Å². The van der Waals surface area contributed by atoms with E-state index in [9.17, 15) is 29.1 Å². The summed E-state index contributed by atoms with van der Waals surface area (Å²) >= 11 is 9.99. The Balaban J connectivity index is 1.39. The molecule has 1 aromatic carbocycles. The first-order valence-electron chi connectivity index (χ1n) is 12.1. The number of fused-ring (bicyclic) bond motifs is 1. The van der Waals surface area contributed by atoms with E-state index < -0.39 is 47.2 Å². The summed E-state index contributed by atoms with van der Waals surface area (Å²) in [6.45, 7) is 1.81. The van der Waals surface area contributed by atoms with Gasteiger partial charge in [-0.1, -0.05) is 46.8 Å². The molecular weight excluding hydrogens is 628 g/mol. The number of imide groups is 1. The minimum Gasteiger partial charge on any atom is -0.477 e. The maximum Gasteiger partial charge on any atom is 0.352 e. The molecule has 42 heavy (non-hydrogen) atoms. The molecule has 2 aliphatic rings. The normalized spacial score (nSPS) is 18.6. The van der Waals surface area contributed by atoms with Gasteiger partial charge in [-0.3, -0.25) is 19.3 Å². The summed E-state index contributed by atoms with van der Waals surface area (Å²) in [4.78, 5) is 66.7. The van der Waals surface area contributed by atoms with Crippen LogP contribution < -0.4 is 11.1 Å². The zero-order valence-corrected chi connectivity index (χ0v) is 24.8. The van der Waals surface area contributed by atoms with Gasteiger partial charge in [0.25, 0.3) is 11.8 Å². The van der Waals surface area contributed by atoms with E-state index in [0.717, 1.165) is 16.2 Å². The number of nitrogens with one attached hydrogen (secondary N) is 1. The van der Waals surface area contributed by atoms with Crippen LogP contribution in [0.1, 0.15) is 27.0 Å². The summed E-state index contributed by atoms with van der Waals surface area (Å²) in [5.41, 5.74) is 6.12.